The minimum absolute atomic E-state index is 0.0567. The quantitative estimate of drug-likeness (QED) is 0.112. The Bertz CT molecular complexity index is 1500. The molecular weight excluding hydrogens is 680 g/mol. The molecule has 3 heterocycles. The number of carbonyl (C=O) groups is 4. The zero-order valence-corrected chi connectivity index (χ0v) is 25.6. The summed E-state index contributed by atoms with van der Waals surface area (Å²) < 4.78 is 92.9. The first-order valence-corrected chi connectivity index (χ1v) is 14.6. The van der Waals surface area contributed by atoms with Crippen LogP contribution in [0.1, 0.15) is 34.0 Å². The molecule has 0 unspecified atom stereocenters. The highest BCUT2D eigenvalue weighted by Gasteiger charge is 2.42. The number of carboxylic acids is 2. The van der Waals surface area contributed by atoms with Crippen LogP contribution in [-0.4, -0.2) is 123 Å². The van der Waals surface area contributed by atoms with Crippen molar-refractivity contribution in [3.05, 3.63) is 52.4 Å². The van der Waals surface area contributed by atoms with Crippen LogP contribution in [0.4, 0.5) is 26.3 Å². The summed E-state index contributed by atoms with van der Waals surface area (Å²) in [6.07, 6.45) is -9.94. The zero-order chi connectivity index (χ0) is 36.6. The molecule has 1 fully saturated rings. The maximum atomic E-state index is 14.0. The van der Waals surface area contributed by atoms with Crippen molar-refractivity contribution in [2.24, 2.45) is 0 Å². The molecule has 6 N–H and O–H groups in total. The average molecular weight is 714 g/mol. The third kappa shape index (κ3) is 10.6. The molecule has 0 bridgehead atoms. The summed E-state index contributed by atoms with van der Waals surface area (Å²) in [5.74, 6) is -10.2. The Morgan fingerprint density at radius 1 is 1.00 bits per heavy atom. The van der Waals surface area contributed by atoms with E-state index in [0.29, 0.717) is 45.0 Å². The van der Waals surface area contributed by atoms with Crippen LogP contribution in [0.2, 0.25) is 0 Å². The van der Waals surface area contributed by atoms with E-state index in [9.17, 15) is 50.6 Å². The van der Waals surface area contributed by atoms with Crippen molar-refractivity contribution >= 4 is 23.8 Å². The van der Waals surface area contributed by atoms with E-state index in [1.165, 1.54) is 4.90 Å². The Morgan fingerprint density at radius 2 is 1.63 bits per heavy atom. The number of quaternary nitrogens is 1. The van der Waals surface area contributed by atoms with Crippen LogP contribution in [0.3, 0.4) is 0 Å². The smallest absolute Gasteiger partial charge is 0.449 e. The summed E-state index contributed by atoms with van der Waals surface area (Å²) >= 11 is 0. The van der Waals surface area contributed by atoms with Gasteiger partial charge in [0.15, 0.2) is 23.4 Å². The number of amides is 1. The number of aliphatic hydroxyl groups excluding tert-OH is 2. The molecule has 272 valence electrons. The fraction of sp³-hybridized carbons (Fsp3) is 0.536. The summed E-state index contributed by atoms with van der Waals surface area (Å²) in [5.41, 5.74) is 3.00. The van der Waals surface area contributed by atoms with Gasteiger partial charge in [0.25, 0.3) is 0 Å². The highest BCUT2D eigenvalue weighted by molar-refractivity contribution is 5.89. The lowest BCUT2D eigenvalue weighted by atomic mass is 10.0. The van der Waals surface area contributed by atoms with Gasteiger partial charge < -0.3 is 49.9 Å². The van der Waals surface area contributed by atoms with Gasteiger partial charge in [-0.1, -0.05) is 0 Å². The number of aliphatic hydroxyl groups is 2. The van der Waals surface area contributed by atoms with E-state index in [-0.39, 0.29) is 50.3 Å². The molecule has 1 saturated heterocycles. The summed E-state index contributed by atoms with van der Waals surface area (Å²) in [5, 5.41) is 34.1. The lowest BCUT2D eigenvalue weighted by Gasteiger charge is -2.30. The van der Waals surface area contributed by atoms with Crippen LogP contribution in [0, 0.1) is 17.5 Å². The molecule has 2 aliphatic rings. The number of hydrogen-bond donors (Lipinski definition) is 4. The Kier molecular flexibility index (Phi) is 13.5. The second-order valence-corrected chi connectivity index (χ2v) is 11.0. The molecule has 0 saturated carbocycles. The topological polar surface area (TPSA) is 222 Å². The number of aliphatic carboxylic acids is 2. The molecule has 0 radical (unpaired) electrons. The number of imidazole rings is 1. The average Bonchev–Trinajstić information content (AvgIpc) is 3.43. The molecule has 0 spiro atoms. The maximum absolute atomic E-state index is 14.0. The van der Waals surface area contributed by atoms with Crippen molar-refractivity contribution in [2.75, 3.05) is 46.0 Å². The number of nitrogens with zero attached hydrogens (tertiary/aromatic N) is 4. The first kappa shape index (κ1) is 39.1. The largest absolute Gasteiger partial charge is 0.547 e. The SMILES string of the molecule is O=C(O)[C@@H](O)[C@@H](O)C(=O)[O-].[NH3+][C@@H](CC(=O)N1CCn2c(C(F)(F)F)nc(C(=O)OCCN3CCOCC3)c2C1)Cc1cc(F)c(F)cc1F. The number of rotatable bonds is 11. The van der Waals surface area contributed by atoms with Gasteiger partial charge in [-0.25, -0.2) is 27.7 Å². The van der Waals surface area contributed by atoms with Crippen LogP contribution < -0.4 is 10.8 Å². The minimum Gasteiger partial charge on any atom is -0.547 e. The molecule has 1 amide bonds. The lowest BCUT2D eigenvalue weighted by Crippen LogP contribution is -2.63. The predicted molar refractivity (Wildman–Crippen MR) is 146 cm³/mol. The van der Waals surface area contributed by atoms with Crippen LogP contribution in [0.25, 0.3) is 0 Å². The lowest BCUT2D eigenvalue weighted by molar-refractivity contribution is -0.418. The fourth-order valence-electron chi connectivity index (χ4n) is 4.86. The van der Waals surface area contributed by atoms with Gasteiger partial charge in [-0.05, 0) is 11.6 Å². The number of morpholine rings is 1. The van der Waals surface area contributed by atoms with Crippen LogP contribution in [0.5, 0.6) is 0 Å². The molecule has 1 aromatic heterocycles. The van der Waals surface area contributed by atoms with E-state index >= 15 is 0 Å². The molecule has 2 aromatic rings. The molecule has 1 aromatic carbocycles. The van der Waals surface area contributed by atoms with Gasteiger partial charge >= 0.3 is 18.1 Å². The Morgan fingerprint density at radius 3 is 2.20 bits per heavy atom. The molecule has 3 atom stereocenters. The van der Waals surface area contributed by atoms with Gasteiger partial charge in [0.1, 0.15) is 18.5 Å². The first-order chi connectivity index (χ1) is 22.9. The zero-order valence-electron chi connectivity index (χ0n) is 25.6. The third-order valence-corrected chi connectivity index (χ3v) is 7.41. The first-order valence-electron chi connectivity index (χ1n) is 14.6. The van der Waals surface area contributed by atoms with E-state index < -0.39 is 77.2 Å². The van der Waals surface area contributed by atoms with Crippen LogP contribution in [-0.2, 0) is 49.5 Å². The number of halogens is 6. The van der Waals surface area contributed by atoms with Gasteiger partial charge in [0, 0.05) is 45.2 Å². The molecule has 4 rings (SSSR count). The van der Waals surface area contributed by atoms with Crippen molar-refractivity contribution in [1.29, 1.82) is 0 Å². The van der Waals surface area contributed by atoms with E-state index in [0.717, 1.165) is 4.57 Å². The van der Waals surface area contributed by atoms with E-state index in [4.69, 9.17) is 24.8 Å². The predicted octanol–water partition coefficient (Wildman–Crippen LogP) is -2.06. The van der Waals surface area contributed by atoms with Gasteiger partial charge in [0.2, 0.25) is 11.7 Å². The minimum atomic E-state index is -4.83. The van der Waals surface area contributed by atoms with Crippen molar-refractivity contribution in [3.63, 3.8) is 0 Å². The van der Waals surface area contributed by atoms with Gasteiger partial charge in [-0.15, -0.1) is 0 Å². The standard InChI is InChI=1S/C24H27F6N5O4.C4H6O6/c25-16-12-18(27)17(26)10-14(16)9-15(31)11-20(36)34-1-2-35-19(13-34)21(32-23(35)24(28,29)30)22(37)39-8-5-33-3-6-38-7-4-33;5-1(3(7)8)2(6)4(9)10/h10,12,15H,1-9,11,13,31H2;1-2,5-6H,(H,7,8)(H,9,10)/t15-;1-,2+/m1./s1. The van der Waals surface area contributed by atoms with Crippen molar-refractivity contribution in [3.8, 4) is 0 Å². The summed E-state index contributed by atoms with van der Waals surface area (Å²) in [6.45, 7) is 1.99. The summed E-state index contributed by atoms with van der Waals surface area (Å²) in [4.78, 5) is 51.8. The maximum Gasteiger partial charge on any atom is 0.449 e. The Hall–Kier alpha value is -4.31. The number of carboxylic acid groups (broad SMARTS) is 2. The van der Waals surface area contributed by atoms with Crippen molar-refractivity contribution < 1.29 is 81.2 Å². The number of esters is 1. The number of fused-ring (bicyclic) bond motifs is 1. The number of carbonyl (C=O) groups excluding carboxylic acids is 3. The number of hydrogen-bond acceptors (Lipinski definition) is 11. The molecular formula is C28H33F6N5O10. The number of aromatic nitrogens is 2. The van der Waals surface area contributed by atoms with E-state index in [1.54, 1.807) is 0 Å². The van der Waals surface area contributed by atoms with Crippen LogP contribution >= 0.6 is 0 Å². The fourth-order valence-corrected chi connectivity index (χ4v) is 4.86. The molecule has 15 nitrogen and oxygen atoms in total. The normalized spacial score (nSPS) is 16.9. The Labute approximate surface area is 273 Å². The number of alkyl halides is 3. The van der Waals surface area contributed by atoms with Crippen LogP contribution in [0.15, 0.2) is 12.1 Å². The molecule has 21 heteroatoms. The third-order valence-electron chi connectivity index (χ3n) is 7.41. The molecule has 49 heavy (non-hydrogen) atoms. The van der Waals surface area contributed by atoms with E-state index in [2.05, 4.69) is 10.7 Å². The number of benzene rings is 1. The monoisotopic (exact) mass is 713 g/mol. The van der Waals surface area contributed by atoms with Crippen molar-refractivity contribution in [1.82, 2.24) is 19.4 Å². The summed E-state index contributed by atoms with van der Waals surface area (Å²) in [6, 6.07) is 0.367. The molecule has 0 aliphatic carbocycles. The Balaban J connectivity index is 0.000000565. The van der Waals surface area contributed by atoms with E-state index in [1.807, 2.05) is 4.90 Å². The highest BCUT2D eigenvalue weighted by Crippen LogP contribution is 2.32. The second kappa shape index (κ2) is 16.9. The number of ether oxygens (including phenoxy) is 2. The van der Waals surface area contributed by atoms with Gasteiger partial charge in [-0.2, -0.15) is 13.2 Å². The van der Waals surface area contributed by atoms with Gasteiger partial charge in [0.05, 0.1) is 43.9 Å². The van der Waals surface area contributed by atoms with Crippen molar-refractivity contribution in [2.45, 2.75) is 50.4 Å². The van der Waals surface area contributed by atoms with Gasteiger partial charge in [-0.3, -0.25) is 9.69 Å². The highest BCUT2D eigenvalue weighted by atomic mass is 19.4. The molecule has 2 aliphatic heterocycles. The summed E-state index contributed by atoms with van der Waals surface area (Å²) in [7, 11) is 0. The second-order valence-electron chi connectivity index (χ2n) is 11.0.